The topological polar surface area (TPSA) is 29.0 Å². The van der Waals surface area contributed by atoms with Crippen molar-refractivity contribution >= 4 is 29.0 Å². The first kappa shape index (κ1) is 9.67. The first-order chi connectivity index (χ1) is 7.24. The van der Waals surface area contributed by atoms with Crippen LogP contribution in [0.15, 0.2) is 6.07 Å². The van der Waals surface area contributed by atoms with Crippen molar-refractivity contribution < 1.29 is 0 Å². The molecule has 3 rings (SSSR count). The minimum Gasteiger partial charge on any atom is -0.350 e. The van der Waals surface area contributed by atoms with E-state index >= 15 is 0 Å². The highest BCUT2D eigenvalue weighted by molar-refractivity contribution is 6.32. The van der Waals surface area contributed by atoms with Gasteiger partial charge in [-0.25, -0.2) is 9.97 Å². The molecule has 0 atom stereocenters. The first-order valence-corrected chi connectivity index (χ1v) is 5.98. The molecular formula is C10H11Cl2N3. The van der Waals surface area contributed by atoms with Crippen LogP contribution in [0.2, 0.25) is 10.4 Å². The molecule has 2 saturated heterocycles. The number of hydrogen-bond donors (Lipinski definition) is 0. The Hall–Kier alpha value is -0.540. The van der Waals surface area contributed by atoms with Gasteiger partial charge in [0.05, 0.1) is 0 Å². The number of rotatable bonds is 1. The monoisotopic (exact) mass is 243 g/mol. The summed E-state index contributed by atoms with van der Waals surface area (Å²) in [6.45, 7) is 0. The second-order valence-corrected chi connectivity index (χ2v) is 4.91. The molecule has 2 aliphatic rings. The van der Waals surface area contributed by atoms with E-state index in [0.717, 1.165) is 5.82 Å². The van der Waals surface area contributed by atoms with Gasteiger partial charge in [0.1, 0.15) is 11.0 Å². The van der Waals surface area contributed by atoms with Gasteiger partial charge in [0.15, 0.2) is 0 Å². The third-order valence-electron chi connectivity index (χ3n) is 3.37. The maximum atomic E-state index is 5.88. The minimum absolute atomic E-state index is 0.240. The Morgan fingerprint density at radius 1 is 1.07 bits per heavy atom. The fourth-order valence-electron chi connectivity index (χ4n) is 2.80. The SMILES string of the molecule is Clc1cc(N2C3CCC2CC3)nc(Cl)n1. The van der Waals surface area contributed by atoms with Crippen LogP contribution in [0.3, 0.4) is 0 Å². The molecule has 0 amide bonds. The second-order valence-electron chi connectivity index (χ2n) is 4.19. The fourth-order valence-corrected chi connectivity index (χ4v) is 3.20. The summed E-state index contributed by atoms with van der Waals surface area (Å²) in [6, 6.07) is 3.08. The summed E-state index contributed by atoms with van der Waals surface area (Å²) in [5.74, 6) is 0.894. The molecule has 0 radical (unpaired) electrons. The predicted molar refractivity (Wildman–Crippen MR) is 60.6 cm³/mol. The van der Waals surface area contributed by atoms with Gasteiger partial charge in [-0.15, -0.1) is 0 Å². The molecule has 0 aliphatic carbocycles. The van der Waals surface area contributed by atoms with Gasteiger partial charge >= 0.3 is 0 Å². The standard InChI is InChI=1S/C10H11Cl2N3/c11-8-5-9(14-10(12)13-8)15-6-1-2-7(15)4-3-6/h5-7H,1-4H2. The fraction of sp³-hybridized carbons (Fsp3) is 0.600. The zero-order chi connectivity index (χ0) is 10.4. The van der Waals surface area contributed by atoms with E-state index in [1.54, 1.807) is 0 Å². The lowest BCUT2D eigenvalue weighted by Crippen LogP contribution is -2.29. The molecule has 2 aliphatic heterocycles. The summed E-state index contributed by atoms with van der Waals surface area (Å²) >= 11 is 11.7. The maximum absolute atomic E-state index is 5.88. The second kappa shape index (κ2) is 3.49. The van der Waals surface area contributed by atoms with Crippen molar-refractivity contribution in [1.82, 2.24) is 9.97 Å². The maximum Gasteiger partial charge on any atom is 0.225 e. The van der Waals surface area contributed by atoms with Crippen LogP contribution in [-0.4, -0.2) is 22.1 Å². The highest BCUT2D eigenvalue weighted by atomic mass is 35.5. The number of halogens is 2. The van der Waals surface area contributed by atoms with E-state index in [1.807, 2.05) is 6.07 Å². The summed E-state index contributed by atoms with van der Waals surface area (Å²) < 4.78 is 0. The molecule has 2 fully saturated rings. The Morgan fingerprint density at radius 3 is 2.20 bits per heavy atom. The van der Waals surface area contributed by atoms with Crippen LogP contribution in [0.5, 0.6) is 0 Å². The molecule has 0 N–H and O–H groups in total. The minimum atomic E-state index is 0.240. The van der Waals surface area contributed by atoms with Gasteiger partial charge in [-0.2, -0.15) is 0 Å². The average Bonchev–Trinajstić information content (AvgIpc) is 2.74. The number of hydrogen-bond acceptors (Lipinski definition) is 3. The van der Waals surface area contributed by atoms with Crippen molar-refractivity contribution in [3.63, 3.8) is 0 Å². The number of anilines is 1. The molecule has 3 heterocycles. The van der Waals surface area contributed by atoms with Crippen LogP contribution in [0.4, 0.5) is 5.82 Å². The zero-order valence-electron chi connectivity index (χ0n) is 8.16. The van der Waals surface area contributed by atoms with Crippen LogP contribution in [0.25, 0.3) is 0 Å². The molecule has 0 spiro atoms. The smallest absolute Gasteiger partial charge is 0.225 e. The molecule has 2 bridgehead atoms. The Morgan fingerprint density at radius 2 is 1.67 bits per heavy atom. The van der Waals surface area contributed by atoms with E-state index in [0.29, 0.717) is 17.2 Å². The van der Waals surface area contributed by atoms with Crippen LogP contribution in [0, 0.1) is 0 Å². The number of aromatic nitrogens is 2. The molecule has 15 heavy (non-hydrogen) atoms. The lowest BCUT2D eigenvalue weighted by Gasteiger charge is -2.23. The molecule has 0 saturated carbocycles. The van der Waals surface area contributed by atoms with Crippen molar-refractivity contribution in [3.05, 3.63) is 16.5 Å². The van der Waals surface area contributed by atoms with E-state index in [4.69, 9.17) is 23.2 Å². The molecule has 0 aromatic carbocycles. The van der Waals surface area contributed by atoms with Crippen molar-refractivity contribution in [2.45, 2.75) is 37.8 Å². The summed E-state index contributed by atoms with van der Waals surface area (Å²) in [5.41, 5.74) is 0. The Kier molecular flexibility index (Phi) is 2.25. The zero-order valence-corrected chi connectivity index (χ0v) is 9.67. The predicted octanol–water partition coefficient (Wildman–Crippen LogP) is 2.91. The summed E-state index contributed by atoms with van der Waals surface area (Å²) in [6.07, 6.45) is 5.07. The third kappa shape index (κ3) is 1.58. The van der Waals surface area contributed by atoms with E-state index in [2.05, 4.69) is 14.9 Å². The Balaban J connectivity index is 1.99. The molecule has 1 aromatic rings. The van der Waals surface area contributed by atoms with Crippen LogP contribution in [0.1, 0.15) is 25.7 Å². The summed E-state index contributed by atoms with van der Waals surface area (Å²) in [7, 11) is 0. The molecule has 3 nitrogen and oxygen atoms in total. The van der Waals surface area contributed by atoms with Gasteiger partial charge in [-0.3, -0.25) is 0 Å². The molecule has 1 aromatic heterocycles. The number of fused-ring (bicyclic) bond motifs is 2. The average molecular weight is 244 g/mol. The summed E-state index contributed by atoms with van der Waals surface area (Å²) in [5, 5.41) is 0.667. The lowest BCUT2D eigenvalue weighted by molar-refractivity contribution is 0.576. The highest BCUT2D eigenvalue weighted by Crippen LogP contribution is 2.40. The molecule has 0 unspecified atom stereocenters. The quantitative estimate of drug-likeness (QED) is 0.561. The van der Waals surface area contributed by atoms with Gasteiger partial charge < -0.3 is 4.90 Å². The normalized spacial score (nSPS) is 28.8. The van der Waals surface area contributed by atoms with Crippen LogP contribution >= 0.6 is 23.2 Å². The van der Waals surface area contributed by atoms with Crippen LogP contribution in [-0.2, 0) is 0 Å². The summed E-state index contributed by atoms with van der Waals surface area (Å²) in [4.78, 5) is 10.5. The number of nitrogens with zero attached hydrogens (tertiary/aromatic N) is 3. The lowest BCUT2D eigenvalue weighted by atomic mass is 10.0. The van der Waals surface area contributed by atoms with E-state index in [-0.39, 0.29) is 5.28 Å². The van der Waals surface area contributed by atoms with Crippen LogP contribution < -0.4 is 4.90 Å². The first-order valence-electron chi connectivity index (χ1n) is 5.22. The van der Waals surface area contributed by atoms with Crippen molar-refractivity contribution in [3.8, 4) is 0 Å². The highest BCUT2D eigenvalue weighted by Gasteiger charge is 2.40. The largest absolute Gasteiger partial charge is 0.350 e. The Labute approximate surface area is 98.4 Å². The molecular weight excluding hydrogens is 233 g/mol. The third-order valence-corrected chi connectivity index (χ3v) is 3.73. The van der Waals surface area contributed by atoms with E-state index < -0.39 is 0 Å². The molecule has 5 heteroatoms. The Bertz CT molecular complexity index is 356. The van der Waals surface area contributed by atoms with Gasteiger partial charge in [0, 0.05) is 18.2 Å². The van der Waals surface area contributed by atoms with E-state index in [1.165, 1.54) is 25.7 Å². The van der Waals surface area contributed by atoms with E-state index in [9.17, 15) is 0 Å². The van der Waals surface area contributed by atoms with Gasteiger partial charge in [-0.1, -0.05) is 11.6 Å². The van der Waals surface area contributed by atoms with Gasteiger partial charge in [0.25, 0.3) is 0 Å². The van der Waals surface area contributed by atoms with Gasteiger partial charge in [0.2, 0.25) is 5.28 Å². The van der Waals surface area contributed by atoms with Gasteiger partial charge in [-0.05, 0) is 37.3 Å². The molecule has 80 valence electrons. The van der Waals surface area contributed by atoms with Crippen molar-refractivity contribution in [2.24, 2.45) is 0 Å². The van der Waals surface area contributed by atoms with Crippen molar-refractivity contribution in [2.75, 3.05) is 4.90 Å². The van der Waals surface area contributed by atoms with Crippen molar-refractivity contribution in [1.29, 1.82) is 0 Å².